The van der Waals surface area contributed by atoms with Crippen molar-refractivity contribution in [2.24, 2.45) is 0 Å². The summed E-state index contributed by atoms with van der Waals surface area (Å²) in [5.74, 6) is 1.69. The highest BCUT2D eigenvalue weighted by atomic mass is 16.3. The topological polar surface area (TPSA) is 38.7 Å². The summed E-state index contributed by atoms with van der Waals surface area (Å²) in [5.41, 5.74) is 3.36. The Hall–Kier alpha value is -2.35. The van der Waals surface area contributed by atoms with E-state index < -0.39 is 0 Å². The van der Waals surface area contributed by atoms with Crippen molar-refractivity contribution in [3.05, 3.63) is 65.5 Å². The highest BCUT2D eigenvalue weighted by Gasteiger charge is 2.11. The average Bonchev–Trinajstić information content (AvgIpc) is 2.39. The lowest BCUT2D eigenvalue weighted by molar-refractivity contribution is -0.172. The molecule has 0 bridgehead atoms. The molecule has 0 spiro atoms. The predicted octanol–water partition coefficient (Wildman–Crippen LogP) is 2.02. The van der Waals surface area contributed by atoms with Gasteiger partial charge in [-0.05, 0) is 24.6 Å². The zero-order chi connectivity index (χ0) is 12.5. The number of aryl methyl sites for hydroxylation is 1. The van der Waals surface area contributed by atoms with Gasteiger partial charge < -0.3 is 4.42 Å². The zero-order valence-electron chi connectivity index (χ0n) is 10.2. The number of hydrogen-bond acceptors (Lipinski definition) is 1. The van der Waals surface area contributed by atoms with Crippen molar-refractivity contribution < 1.29 is 9.83 Å². The van der Waals surface area contributed by atoms with Gasteiger partial charge in [-0.25, -0.2) is 0 Å². The molecule has 2 heteroatoms. The van der Waals surface area contributed by atoms with Crippen LogP contribution in [-0.4, -0.2) is 0 Å². The summed E-state index contributed by atoms with van der Waals surface area (Å²) in [7, 11) is 0. The zero-order valence-corrected chi connectivity index (χ0v) is 10.2. The van der Waals surface area contributed by atoms with E-state index in [1.165, 1.54) is 5.56 Å². The fourth-order valence-corrected chi connectivity index (χ4v) is 2.12. The molecule has 0 saturated heterocycles. The SMILES string of the molecule is Cc1cc(-c2ccccc2)oc2cc(=[NH2+])ccc1-2. The molecular formula is C16H14NO+. The molecule has 0 atom stereocenters. The van der Waals surface area contributed by atoms with E-state index >= 15 is 0 Å². The van der Waals surface area contributed by atoms with E-state index in [9.17, 15) is 0 Å². The van der Waals surface area contributed by atoms with Crippen LogP contribution in [0.15, 0.2) is 59.0 Å². The average molecular weight is 236 g/mol. The van der Waals surface area contributed by atoms with Gasteiger partial charge >= 0.3 is 0 Å². The predicted molar refractivity (Wildman–Crippen MR) is 70.6 cm³/mol. The van der Waals surface area contributed by atoms with E-state index in [0.29, 0.717) is 0 Å². The summed E-state index contributed by atoms with van der Waals surface area (Å²) in [5, 5.41) is 6.52. The van der Waals surface area contributed by atoms with Gasteiger partial charge in [-0.15, -0.1) is 0 Å². The summed E-state index contributed by atoms with van der Waals surface area (Å²) < 4.78 is 5.93. The first-order valence-electron chi connectivity index (χ1n) is 5.92. The van der Waals surface area contributed by atoms with Crippen LogP contribution in [0.4, 0.5) is 0 Å². The molecule has 3 rings (SSSR count). The first-order valence-corrected chi connectivity index (χ1v) is 5.92. The van der Waals surface area contributed by atoms with Crippen molar-refractivity contribution in [1.29, 1.82) is 0 Å². The molecule has 2 aliphatic rings. The maximum atomic E-state index is 5.93. The van der Waals surface area contributed by atoms with Gasteiger partial charge in [0.25, 0.3) is 0 Å². The summed E-state index contributed by atoms with van der Waals surface area (Å²) in [6.45, 7) is 2.08. The monoisotopic (exact) mass is 236 g/mol. The minimum absolute atomic E-state index is 0.718. The molecule has 0 radical (unpaired) electrons. The molecular weight excluding hydrogens is 222 g/mol. The van der Waals surface area contributed by atoms with Gasteiger partial charge in [-0.3, -0.25) is 5.41 Å². The minimum Gasteiger partial charge on any atom is -0.456 e. The van der Waals surface area contributed by atoms with Crippen LogP contribution in [0.1, 0.15) is 5.56 Å². The molecule has 2 nitrogen and oxygen atoms in total. The maximum Gasteiger partial charge on any atom is 0.200 e. The van der Waals surface area contributed by atoms with Crippen LogP contribution in [0.2, 0.25) is 0 Å². The first kappa shape index (κ1) is 10.8. The third-order valence-electron chi connectivity index (χ3n) is 3.06. The second kappa shape index (κ2) is 4.15. The summed E-state index contributed by atoms with van der Waals surface area (Å²) in [6, 6.07) is 17.9. The van der Waals surface area contributed by atoms with Gasteiger partial charge in [0, 0.05) is 17.2 Å². The molecule has 0 saturated carbocycles. The number of benzene rings is 2. The molecule has 1 aliphatic carbocycles. The van der Waals surface area contributed by atoms with Crippen molar-refractivity contribution in [3.8, 4) is 22.6 Å². The molecule has 0 amide bonds. The van der Waals surface area contributed by atoms with Crippen LogP contribution in [0, 0.1) is 6.92 Å². The quantitative estimate of drug-likeness (QED) is 0.689. The van der Waals surface area contributed by atoms with Crippen LogP contribution in [-0.2, 0) is 0 Å². The lowest BCUT2D eigenvalue weighted by atomic mass is 10.0. The minimum atomic E-state index is 0.718. The van der Waals surface area contributed by atoms with E-state index in [2.05, 4.69) is 13.0 Å². The molecule has 1 aliphatic heterocycles. The largest absolute Gasteiger partial charge is 0.456 e. The lowest BCUT2D eigenvalue weighted by Gasteiger charge is -2.10. The third-order valence-corrected chi connectivity index (χ3v) is 3.06. The lowest BCUT2D eigenvalue weighted by Crippen LogP contribution is -2.44. The number of rotatable bonds is 1. The summed E-state index contributed by atoms with van der Waals surface area (Å²) in [6.07, 6.45) is 0. The Balaban J connectivity index is 2.28. The molecule has 18 heavy (non-hydrogen) atoms. The normalized spacial score (nSPS) is 10.7. The van der Waals surface area contributed by atoms with Gasteiger partial charge in [-0.2, -0.15) is 0 Å². The van der Waals surface area contributed by atoms with Crippen molar-refractivity contribution in [3.63, 3.8) is 0 Å². The Bertz CT molecular complexity index is 713. The van der Waals surface area contributed by atoms with Gasteiger partial charge in [-0.1, -0.05) is 30.3 Å². The van der Waals surface area contributed by atoms with Gasteiger partial charge in [0.15, 0.2) is 5.36 Å². The van der Waals surface area contributed by atoms with E-state index in [1.54, 1.807) is 0 Å². The highest BCUT2D eigenvalue weighted by molar-refractivity contribution is 5.68. The second-order valence-electron chi connectivity index (χ2n) is 4.42. The molecule has 88 valence electrons. The van der Waals surface area contributed by atoms with E-state index in [0.717, 1.165) is 28.0 Å². The van der Waals surface area contributed by atoms with Gasteiger partial charge in [0.05, 0.1) is 6.07 Å². The van der Waals surface area contributed by atoms with Crippen molar-refractivity contribution in [2.45, 2.75) is 6.92 Å². The Kier molecular flexibility index (Phi) is 2.49. The summed E-state index contributed by atoms with van der Waals surface area (Å²) in [4.78, 5) is 0. The Morgan fingerprint density at radius 3 is 2.44 bits per heavy atom. The molecule has 2 N–H and O–H groups in total. The van der Waals surface area contributed by atoms with Crippen LogP contribution in [0.5, 0.6) is 0 Å². The van der Waals surface area contributed by atoms with Crippen molar-refractivity contribution >= 4 is 0 Å². The Morgan fingerprint density at radius 2 is 1.67 bits per heavy atom. The fourth-order valence-electron chi connectivity index (χ4n) is 2.12. The molecule has 1 aromatic rings. The van der Waals surface area contributed by atoms with E-state index in [-0.39, 0.29) is 0 Å². The number of nitrogens with two attached hydrogens (primary N) is 1. The van der Waals surface area contributed by atoms with Crippen LogP contribution in [0.25, 0.3) is 22.6 Å². The maximum absolute atomic E-state index is 5.93. The summed E-state index contributed by atoms with van der Waals surface area (Å²) >= 11 is 0. The Labute approximate surface area is 105 Å². The second-order valence-corrected chi connectivity index (χ2v) is 4.42. The van der Waals surface area contributed by atoms with Crippen LogP contribution in [0.3, 0.4) is 0 Å². The van der Waals surface area contributed by atoms with Gasteiger partial charge in [0.2, 0.25) is 0 Å². The van der Waals surface area contributed by atoms with E-state index in [4.69, 9.17) is 9.83 Å². The smallest absolute Gasteiger partial charge is 0.200 e. The van der Waals surface area contributed by atoms with E-state index in [1.807, 2.05) is 48.5 Å². The molecule has 1 aromatic carbocycles. The van der Waals surface area contributed by atoms with Crippen molar-refractivity contribution in [1.82, 2.24) is 0 Å². The Morgan fingerprint density at radius 1 is 0.889 bits per heavy atom. The molecule has 0 fully saturated rings. The van der Waals surface area contributed by atoms with Crippen LogP contribution < -0.4 is 10.8 Å². The molecule has 0 unspecified atom stereocenters. The first-order chi connectivity index (χ1) is 8.74. The van der Waals surface area contributed by atoms with Crippen molar-refractivity contribution in [2.75, 3.05) is 0 Å². The number of hydrogen-bond donors (Lipinski definition) is 1. The third kappa shape index (κ3) is 1.82. The molecule has 0 aromatic heterocycles. The standard InChI is InChI=1S/C16H13NO/c1-11-9-15(12-5-3-2-4-6-12)18-16-10-13(17)7-8-14(11)16/h2-10,17H,1H3/p+1. The van der Waals surface area contributed by atoms with Crippen LogP contribution >= 0.6 is 0 Å². The fraction of sp³-hybridized carbons (Fsp3) is 0.0625. The number of fused-ring (bicyclic) bond motifs is 1. The van der Waals surface area contributed by atoms with Gasteiger partial charge in [0.1, 0.15) is 11.5 Å². The molecule has 1 heterocycles. The highest BCUT2D eigenvalue weighted by Crippen LogP contribution is 2.30.